The summed E-state index contributed by atoms with van der Waals surface area (Å²) in [5.74, 6) is 0. The van der Waals surface area contributed by atoms with Gasteiger partial charge in [0.05, 0.1) is 6.17 Å². The van der Waals surface area contributed by atoms with Crippen molar-refractivity contribution in [2.24, 2.45) is 0 Å². The molecule has 0 spiro atoms. The highest BCUT2D eigenvalue weighted by atomic mass is 35.5. The van der Waals surface area contributed by atoms with Crippen LogP contribution in [0.1, 0.15) is 12.8 Å². The number of carboxylic acid groups (broad SMARTS) is 1. The maximum atomic E-state index is 10.4. The summed E-state index contributed by atoms with van der Waals surface area (Å²) in [5, 5.41) is 8.54. The van der Waals surface area contributed by atoms with Crippen molar-refractivity contribution >= 4 is 17.9 Å². The number of hydrogen-bond donors (Lipinski definition) is 2. The predicted molar refractivity (Wildman–Crippen MR) is 36.7 cm³/mol. The Kier molecular flexibility index (Phi) is 2.34. The minimum atomic E-state index is -0.907. The molecule has 1 atom stereocenters. The van der Waals surface area contributed by atoms with Gasteiger partial charge in [0.15, 0.2) is 0 Å². The lowest BCUT2D eigenvalue weighted by Crippen LogP contribution is -2.40. The van der Waals surface area contributed by atoms with Crippen LogP contribution in [0.5, 0.6) is 0 Å². The minimum absolute atomic E-state index is 0.195. The second-order valence-electron chi connectivity index (χ2n) is 2.24. The molecule has 1 rings (SSSR count). The number of halogens is 1. The van der Waals surface area contributed by atoms with Crippen LogP contribution in [0.25, 0.3) is 0 Å². The van der Waals surface area contributed by atoms with Crippen molar-refractivity contribution in [2.45, 2.75) is 19.0 Å². The van der Waals surface area contributed by atoms with Gasteiger partial charge >= 0.3 is 6.09 Å². The Morgan fingerprint density at radius 2 is 2.50 bits per heavy atom. The van der Waals surface area contributed by atoms with Crippen LogP contribution >= 0.6 is 11.8 Å². The molecule has 1 aliphatic heterocycles. The van der Waals surface area contributed by atoms with E-state index in [0.29, 0.717) is 6.54 Å². The topological polar surface area (TPSA) is 52.6 Å². The van der Waals surface area contributed by atoms with Gasteiger partial charge in [0.2, 0.25) is 0 Å². The summed E-state index contributed by atoms with van der Waals surface area (Å²) >= 11 is 5.29. The number of nitrogens with one attached hydrogen (secondary N) is 1. The van der Waals surface area contributed by atoms with Crippen molar-refractivity contribution < 1.29 is 9.90 Å². The van der Waals surface area contributed by atoms with Crippen molar-refractivity contribution in [2.75, 3.05) is 6.54 Å². The van der Waals surface area contributed by atoms with E-state index >= 15 is 0 Å². The number of carbonyl (C=O) groups is 1. The van der Waals surface area contributed by atoms with Gasteiger partial charge in [0.25, 0.3) is 0 Å². The summed E-state index contributed by atoms with van der Waals surface area (Å²) in [6, 6.07) is 0. The van der Waals surface area contributed by atoms with Crippen molar-refractivity contribution in [1.29, 1.82) is 0 Å². The fraction of sp³-hybridized carbons (Fsp3) is 0.800. The smallest absolute Gasteiger partial charge is 0.408 e. The minimum Gasteiger partial charge on any atom is -0.465 e. The zero-order chi connectivity index (χ0) is 7.56. The van der Waals surface area contributed by atoms with E-state index in [1.807, 2.05) is 0 Å². The summed E-state index contributed by atoms with van der Waals surface area (Å²) in [7, 11) is 0. The van der Waals surface area contributed by atoms with Crippen LogP contribution in [0.3, 0.4) is 0 Å². The van der Waals surface area contributed by atoms with Gasteiger partial charge in [-0.05, 0) is 24.6 Å². The molecule has 0 saturated carbocycles. The summed E-state index contributed by atoms with van der Waals surface area (Å²) < 4.78 is 0. The van der Waals surface area contributed by atoms with E-state index < -0.39 is 6.09 Å². The molecule has 1 heterocycles. The van der Waals surface area contributed by atoms with E-state index in [2.05, 4.69) is 4.84 Å². The molecule has 2 N–H and O–H groups in total. The Hall–Kier alpha value is -0.480. The molecule has 0 aromatic heterocycles. The quantitative estimate of drug-likeness (QED) is 0.565. The third-order valence-electron chi connectivity index (χ3n) is 1.62. The van der Waals surface area contributed by atoms with E-state index in [0.717, 1.165) is 12.8 Å². The van der Waals surface area contributed by atoms with Crippen LogP contribution in [0.4, 0.5) is 4.79 Å². The number of nitrogens with zero attached hydrogens (tertiary/aromatic N) is 1. The molecule has 0 bridgehead atoms. The Labute approximate surface area is 63.9 Å². The van der Waals surface area contributed by atoms with Crippen LogP contribution in [0.2, 0.25) is 0 Å². The number of likely N-dealkylation sites (tertiary alicyclic amines) is 1. The van der Waals surface area contributed by atoms with E-state index in [1.54, 1.807) is 0 Å². The van der Waals surface area contributed by atoms with Crippen molar-refractivity contribution in [3.8, 4) is 0 Å². The Balaban J connectivity index is 2.50. The Bertz CT molecular complexity index is 142. The molecule has 0 aromatic rings. The van der Waals surface area contributed by atoms with Gasteiger partial charge in [-0.25, -0.2) is 9.63 Å². The van der Waals surface area contributed by atoms with E-state index in [1.165, 1.54) is 4.90 Å². The highest BCUT2D eigenvalue weighted by molar-refractivity contribution is 6.13. The molecule has 5 heteroatoms. The largest absolute Gasteiger partial charge is 0.465 e. The zero-order valence-corrected chi connectivity index (χ0v) is 6.14. The molecule has 10 heavy (non-hydrogen) atoms. The van der Waals surface area contributed by atoms with Gasteiger partial charge < -0.3 is 5.11 Å². The summed E-state index contributed by atoms with van der Waals surface area (Å²) in [4.78, 5) is 14.1. The molecule has 0 aliphatic carbocycles. The summed E-state index contributed by atoms with van der Waals surface area (Å²) in [5.41, 5.74) is 0. The van der Waals surface area contributed by atoms with Gasteiger partial charge in [0.1, 0.15) is 0 Å². The first kappa shape index (κ1) is 7.63. The van der Waals surface area contributed by atoms with Gasteiger partial charge in [0, 0.05) is 6.54 Å². The standard InChI is InChI=1S/C5H9ClN2O2/c6-7-4-2-1-3-8(4)5(9)10/h4,7H,1-3H2,(H,9,10). The average molecular weight is 165 g/mol. The van der Waals surface area contributed by atoms with Gasteiger partial charge in [-0.15, -0.1) is 0 Å². The third kappa shape index (κ3) is 1.33. The van der Waals surface area contributed by atoms with Crippen molar-refractivity contribution in [3.63, 3.8) is 0 Å². The predicted octanol–water partition coefficient (Wildman–Crippen LogP) is 0.830. The number of hydrogen-bond acceptors (Lipinski definition) is 2. The normalized spacial score (nSPS) is 25.3. The van der Waals surface area contributed by atoms with Crippen LogP contribution < -0.4 is 4.84 Å². The molecule has 1 saturated heterocycles. The monoisotopic (exact) mass is 164 g/mol. The van der Waals surface area contributed by atoms with E-state index in [4.69, 9.17) is 16.9 Å². The highest BCUT2D eigenvalue weighted by Crippen LogP contribution is 2.14. The molecule has 1 unspecified atom stereocenters. The zero-order valence-electron chi connectivity index (χ0n) is 5.38. The number of rotatable bonds is 1. The average Bonchev–Trinajstić information content (AvgIpc) is 2.33. The Morgan fingerprint density at radius 3 is 2.90 bits per heavy atom. The first-order valence-corrected chi connectivity index (χ1v) is 3.49. The molecule has 0 aromatic carbocycles. The third-order valence-corrected chi connectivity index (χ3v) is 1.88. The van der Waals surface area contributed by atoms with Crippen LogP contribution in [0, 0.1) is 0 Å². The molecule has 1 amide bonds. The molecule has 0 radical (unpaired) electrons. The van der Waals surface area contributed by atoms with Gasteiger partial charge in [-0.3, -0.25) is 4.90 Å². The van der Waals surface area contributed by atoms with Crippen molar-refractivity contribution in [1.82, 2.24) is 9.74 Å². The van der Waals surface area contributed by atoms with Gasteiger partial charge in [-0.1, -0.05) is 0 Å². The Morgan fingerprint density at radius 1 is 1.80 bits per heavy atom. The lowest BCUT2D eigenvalue weighted by molar-refractivity contribution is 0.138. The van der Waals surface area contributed by atoms with E-state index in [9.17, 15) is 4.79 Å². The lowest BCUT2D eigenvalue weighted by Gasteiger charge is -2.18. The molecule has 4 nitrogen and oxygen atoms in total. The molecule has 58 valence electrons. The first-order chi connectivity index (χ1) is 4.75. The first-order valence-electron chi connectivity index (χ1n) is 3.11. The summed E-state index contributed by atoms with van der Waals surface area (Å²) in [6.07, 6.45) is 0.585. The fourth-order valence-electron chi connectivity index (χ4n) is 1.11. The second kappa shape index (κ2) is 3.07. The highest BCUT2D eigenvalue weighted by Gasteiger charge is 2.27. The molecular formula is C5H9ClN2O2. The van der Waals surface area contributed by atoms with Gasteiger partial charge in [-0.2, -0.15) is 0 Å². The maximum Gasteiger partial charge on any atom is 0.408 e. The maximum absolute atomic E-state index is 10.4. The van der Waals surface area contributed by atoms with Crippen molar-refractivity contribution in [3.05, 3.63) is 0 Å². The van der Waals surface area contributed by atoms with Crippen LogP contribution in [-0.2, 0) is 0 Å². The number of amides is 1. The lowest BCUT2D eigenvalue weighted by atomic mass is 10.3. The van der Waals surface area contributed by atoms with E-state index in [-0.39, 0.29) is 6.17 Å². The van der Waals surface area contributed by atoms with Crippen LogP contribution in [0.15, 0.2) is 0 Å². The fourth-order valence-corrected chi connectivity index (χ4v) is 1.34. The second-order valence-corrected chi connectivity index (χ2v) is 2.46. The molecule has 1 fully saturated rings. The SMILES string of the molecule is O=C(O)N1CCCC1NCl. The summed E-state index contributed by atoms with van der Waals surface area (Å²) in [6.45, 7) is 0.583. The molecule has 1 aliphatic rings. The molecular weight excluding hydrogens is 156 g/mol. The van der Waals surface area contributed by atoms with Crippen LogP contribution in [-0.4, -0.2) is 28.8 Å².